The van der Waals surface area contributed by atoms with E-state index in [0.717, 1.165) is 12.1 Å². The van der Waals surface area contributed by atoms with E-state index in [1.807, 2.05) is 0 Å². The summed E-state index contributed by atoms with van der Waals surface area (Å²) in [6.07, 6.45) is -4.75. The minimum Gasteiger partial charge on any atom is -0.382 e. The molecule has 0 saturated carbocycles. The van der Waals surface area contributed by atoms with E-state index in [0.29, 0.717) is 6.07 Å². The summed E-state index contributed by atoms with van der Waals surface area (Å²) in [4.78, 5) is 2.62. The van der Waals surface area contributed by atoms with Crippen molar-refractivity contribution in [3.63, 3.8) is 0 Å². The summed E-state index contributed by atoms with van der Waals surface area (Å²) in [6.45, 7) is 0. The fraction of sp³-hybridized carbons (Fsp3) is 0.167. The molecule has 0 bridgehead atoms. The number of alkyl halides is 3. The largest absolute Gasteiger partial charge is 0.419 e. The van der Waals surface area contributed by atoms with Gasteiger partial charge in [-0.15, -0.1) is 0 Å². The molecular weight excluding hydrogens is 250 g/mol. The predicted molar refractivity (Wildman–Crippen MR) is 56.3 cm³/mol. The van der Waals surface area contributed by atoms with Crippen LogP contribution in [0.15, 0.2) is 36.5 Å². The molecule has 2 N–H and O–H groups in total. The van der Waals surface area contributed by atoms with E-state index >= 15 is 0 Å². The Kier molecular flexibility index (Phi) is 3.13. The first-order valence-electron chi connectivity index (χ1n) is 5.08. The smallest absolute Gasteiger partial charge is 0.382 e. The van der Waals surface area contributed by atoms with Gasteiger partial charge in [-0.05, 0) is 18.2 Å². The molecule has 6 heteroatoms. The number of benzene rings is 1. The Labute approximate surface area is 99.9 Å². The van der Waals surface area contributed by atoms with Gasteiger partial charge in [0.2, 0.25) is 0 Å². The normalized spacial score (nSPS) is 13.6. The van der Waals surface area contributed by atoms with E-state index in [-0.39, 0.29) is 5.69 Å². The Hall–Kier alpha value is -1.82. The molecule has 96 valence electrons. The van der Waals surface area contributed by atoms with Gasteiger partial charge in [0.15, 0.2) is 0 Å². The lowest BCUT2D eigenvalue weighted by Crippen LogP contribution is -2.12. The quantitative estimate of drug-likeness (QED) is 0.798. The Morgan fingerprint density at radius 2 is 1.83 bits per heavy atom. The van der Waals surface area contributed by atoms with Gasteiger partial charge in [0.1, 0.15) is 11.9 Å². The molecule has 0 aliphatic rings. The van der Waals surface area contributed by atoms with Gasteiger partial charge in [0.05, 0.1) is 5.56 Å². The highest BCUT2D eigenvalue weighted by molar-refractivity contribution is 5.33. The van der Waals surface area contributed by atoms with Crippen LogP contribution in [-0.2, 0) is 6.18 Å². The third kappa shape index (κ3) is 2.24. The second-order valence-corrected chi connectivity index (χ2v) is 3.73. The first-order valence-corrected chi connectivity index (χ1v) is 5.08. The van der Waals surface area contributed by atoms with Crippen molar-refractivity contribution in [3.05, 3.63) is 59.2 Å². The molecular formula is C12H9F4NO. The van der Waals surface area contributed by atoms with E-state index in [1.165, 1.54) is 12.3 Å². The van der Waals surface area contributed by atoms with Crippen molar-refractivity contribution in [2.75, 3.05) is 0 Å². The third-order valence-electron chi connectivity index (χ3n) is 2.55. The summed E-state index contributed by atoms with van der Waals surface area (Å²) < 4.78 is 51.2. The number of hydrogen-bond donors (Lipinski definition) is 2. The molecule has 1 heterocycles. The van der Waals surface area contributed by atoms with Crippen LogP contribution in [0.25, 0.3) is 0 Å². The molecule has 0 amide bonds. The average Bonchev–Trinajstić information content (AvgIpc) is 2.80. The van der Waals surface area contributed by atoms with Gasteiger partial charge in [-0.2, -0.15) is 13.2 Å². The molecule has 0 saturated heterocycles. The number of aromatic amines is 1. The second kappa shape index (κ2) is 4.45. The van der Waals surface area contributed by atoms with Crippen molar-refractivity contribution in [1.29, 1.82) is 0 Å². The summed E-state index contributed by atoms with van der Waals surface area (Å²) in [7, 11) is 0. The first kappa shape index (κ1) is 12.6. The maximum atomic E-state index is 13.7. The molecule has 18 heavy (non-hydrogen) atoms. The zero-order valence-electron chi connectivity index (χ0n) is 9.00. The number of H-pyrrole nitrogens is 1. The lowest BCUT2D eigenvalue weighted by atomic mass is 10.0. The lowest BCUT2D eigenvalue weighted by molar-refractivity contribution is -0.140. The standard InChI is InChI=1S/C12H9F4NO/c13-10-7(11(18)9-5-2-6-17-9)3-1-4-8(10)12(14,15)16/h1-6,11,17-18H. The molecule has 0 aliphatic heterocycles. The minimum absolute atomic E-state index is 0.230. The van der Waals surface area contributed by atoms with Gasteiger partial charge in [-0.25, -0.2) is 4.39 Å². The summed E-state index contributed by atoms with van der Waals surface area (Å²) in [5.74, 6) is -1.45. The van der Waals surface area contributed by atoms with Crippen molar-refractivity contribution in [3.8, 4) is 0 Å². The maximum Gasteiger partial charge on any atom is 0.419 e. The Morgan fingerprint density at radius 3 is 2.39 bits per heavy atom. The molecule has 0 spiro atoms. The monoisotopic (exact) mass is 259 g/mol. The van der Waals surface area contributed by atoms with Crippen LogP contribution in [-0.4, -0.2) is 10.1 Å². The molecule has 1 atom stereocenters. The molecule has 2 aromatic rings. The molecule has 1 unspecified atom stereocenters. The van der Waals surface area contributed by atoms with Gasteiger partial charge >= 0.3 is 6.18 Å². The van der Waals surface area contributed by atoms with Gasteiger partial charge < -0.3 is 10.1 Å². The van der Waals surface area contributed by atoms with Crippen molar-refractivity contribution < 1.29 is 22.7 Å². The summed E-state index contributed by atoms with van der Waals surface area (Å²) >= 11 is 0. The molecule has 1 aromatic heterocycles. The predicted octanol–water partition coefficient (Wildman–Crippen LogP) is 3.25. The Morgan fingerprint density at radius 1 is 1.11 bits per heavy atom. The van der Waals surface area contributed by atoms with Crippen molar-refractivity contribution in [2.24, 2.45) is 0 Å². The average molecular weight is 259 g/mol. The van der Waals surface area contributed by atoms with E-state index < -0.39 is 29.2 Å². The molecule has 0 fully saturated rings. The van der Waals surface area contributed by atoms with Crippen molar-refractivity contribution in [1.82, 2.24) is 4.98 Å². The minimum atomic E-state index is -4.78. The number of rotatable bonds is 2. The maximum absolute atomic E-state index is 13.7. The summed E-state index contributed by atoms with van der Waals surface area (Å²) in [6, 6.07) is 5.85. The Bertz CT molecular complexity index is 534. The van der Waals surface area contributed by atoms with Crippen LogP contribution < -0.4 is 0 Å². The van der Waals surface area contributed by atoms with Crippen LogP contribution >= 0.6 is 0 Å². The molecule has 2 nitrogen and oxygen atoms in total. The number of hydrogen-bond acceptors (Lipinski definition) is 1. The van der Waals surface area contributed by atoms with Crippen molar-refractivity contribution in [2.45, 2.75) is 12.3 Å². The summed E-state index contributed by atoms with van der Waals surface area (Å²) in [5.41, 5.74) is -1.56. The third-order valence-corrected chi connectivity index (χ3v) is 2.55. The van der Waals surface area contributed by atoms with Crippen LogP contribution in [0.2, 0.25) is 0 Å². The van der Waals surface area contributed by atoms with Crippen molar-refractivity contribution >= 4 is 0 Å². The van der Waals surface area contributed by atoms with E-state index in [9.17, 15) is 22.7 Å². The molecule has 2 rings (SSSR count). The number of halogens is 4. The highest BCUT2D eigenvalue weighted by Gasteiger charge is 2.35. The fourth-order valence-corrected chi connectivity index (χ4v) is 1.66. The van der Waals surface area contributed by atoms with Crippen LogP contribution in [0.5, 0.6) is 0 Å². The van der Waals surface area contributed by atoms with Gasteiger partial charge in [-0.1, -0.05) is 12.1 Å². The molecule has 1 aromatic carbocycles. The van der Waals surface area contributed by atoms with Crippen LogP contribution in [0.1, 0.15) is 22.9 Å². The highest BCUT2D eigenvalue weighted by atomic mass is 19.4. The number of nitrogens with one attached hydrogen (secondary N) is 1. The van der Waals surface area contributed by atoms with Gasteiger partial charge in [0, 0.05) is 17.5 Å². The topological polar surface area (TPSA) is 36.0 Å². The zero-order valence-corrected chi connectivity index (χ0v) is 9.00. The van der Waals surface area contributed by atoms with Crippen LogP contribution in [0, 0.1) is 5.82 Å². The van der Waals surface area contributed by atoms with E-state index in [4.69, 9.17) is 0 Å². The van der Waals surface area contributed by atoms with Crippen LogP contribution in [0.3, 0.4) is 0 Å². The first-order chi connectivity index (χ1) is 8.41. The zero-order chi connectivity index (χ0) is 13.3. The Balaban J connectivity index is 2.47. The number of aliphatic hydroxyl groups excluding tert-OH is 1. The number of aromatic nitrogens is 1. The van der Waals surface area contributed by atoms with E-state index in [1.54, 1.807) is 6.07 Å². The SMILES string of the molecule is OC(c1ccc[nH]1)c1cccc(C(F)(F)F)c1F. The van der Waals surface area contributed by atoms with Crippen LogP contribution in [0.4, 0.5) is 17.6 Å². The fourth-order valence-electron chi connectivity index (χ4n) is 1.66. The van der Waals surface area contributed by atoms with Gasteiger partial charge in [-0.3, -0.25) is 0 Å². The van der Waals surface area contributed by atoms with E-state index in [2.05, 4.69) is 4.98 Å². The highest BCUT2D eigenvalue weighted by Crippen LogP contribution is 2.34. The molecule has 0 radical (unpaired) electrons. The molecule has 0 aliphatic carbocycles. The lowest BCUT2D eigenvalue weighted by Gasteiger charge is -2.14. The second-order valence-electron chi connectivity index (χ2n) is 3.73. The van der Waals surface area contributed by atoms with Gasteiger partial charge in [0.25, 0.3) is 0 Å². The number of aliphatic hydroxyl groups is 1. The summed E-state index contributed by atoms with van der Waals surface area (Å²) in [5, 5.41) is 9.81.